The summed E-state index contributed by atoms with van der Waals surface area (Å²) in [5.74, 6) is 0.203. The van der Waals surface area contributed by atoms with Crippen molar-refractivity contribution in [3.63, 3.8) is 0 Å². The molecule has 8 nitrogen and oxygen atoms in total. The Morgan fingerprint density at radius 1 is 1.19 bits per heavy atom. The van der Waals surface area contributed by atoms with Crippen LogP contribution < -0.4 is 5.32 Å². The van der Waals surface area contributed by atoms with Gasteiger partial charge in [-0.2, -0.15) is 10.2 Å². The van der Waals surface area contributed by atoms with E-state index in [4.69, 9.17) is 11.6 Å². The van der Waals surface area contributed by atoms with Crippen LogP contribution in [0.25, 0.3) is 5.82 Å². The first-order chi connectivity index (χ1) is 12.6. The summed E-state index contributed by atoms with van der Waals surface area (Å²) >= 11 is 6.04. The molecule has 0 aromatic carbocycles. The summed E-state index contributed by atoms with van der Waals surface area (Å²) < 4.78 is 0. The lowest BCUT2D eigenvalue weighted by atomic mass is 10.1. The quantitative estimate of drug-likeness (QED) is 0.668. The second-order valence-corrected chi connectivity index (χ2v) is 6.09. The smallest absolute Gasteiger partial charge is 0.251 e. The number of hydrogen-bond acceptors (Lipinski definition) is 6. The number of halogens is 1. The van der Waals surface area contributed by atoms with E-state index >= 15 is 0 Å². The molecule has 0 spiro atoms. The molecule has 0 aliphatic heterocycles. The third-order valence-corrected chi connectivity index (χ3v) is 3.88. The predicted molar refractivity (Wildman–Crippen MR) is 96.1 cm³/mol. The molecule has 3 aromatic heterocycles. The Kier molecular flexibility index (Phi) is 5.52. The molecule has 134 valence electrons. The number of aromatic nitrogens is 6. The molecule has 9 heteroatoms. The third-order valence-electron chi connectivity index (χ3n) is 3.69. The molecule has 0 saturated carbocycles. The van der Waals surface area contributed by atoms with Crippen LogP contribution in [0.4, 0.5) is 0 Å². The van der Waals surface area contributed by atoms with Crippen molar-refractivity contribution >= 4 is 17.5 Å². The number of aryl methyl sites for hydroxylation is 1. The molecule has 0 saturated heterocycles. The molecule has 1 amide bonds. The molecule has 0 bridgehead atoms. The molecule has 3 rings (SSSR count). The van der Waals surface area contributed by atoms with Gasteiger partial charge in [0, 0.05) is 23.7 Å². The Balaban J connectivity index is 1.83. The standard InChI is InChI=1S/C17H18ClN7O/c1-3-4-13-9-12(10-14(18)24-13)17(26)23-11(2)15-16(20-6-5-19-15)25-21-7-8-22-25/h5-11H,3-4H2,1-2H3,(H,23,26). The molecule has 0 radical (unpaired) electrons. The van der Waals surface area contributed by atoms with Gasteiger partial charge in [0.2, 0.25) is 0 Å². The van der Waals surface area contributed by atoms with Crippen molar-refractivity contribution in [3.8, 4) is 5.82 Å². The zero-order valence-electron chi connectivity index (χ0n) is 14.4. The number of rotatable bonds is 6. The van der Waals surface area contributed by atoms with Crippen LogP contribution in [0, 0.1) is 0 Å². The average Bonchev–Trinajstić information content (AvgIpc) is 3.16. The summed E-state index contributed by atoms with van der Waals surface area (Å²) in [7, 11) is 0. The zero-order chi connectivity index (χ0) is 18.5. The predicted octanol–water partition coefficient (Wildman–Crippen LogP) is 2.55. The van der Waals surface area contributed by atoms with Crippen LogP contribution in [-0.4, -0.2) is 35.9 Å². The van der Waals surface area contributed by atoms with E-state index in [0.717, 1.165) is 18.5 Å². The summed E-state index contributed by atoms with van der Waals surface area (Å²) in [5, 5.41) is 11.4. The van der Waals surface area contributed by atoms with Crippen LogP contribution in [0.2, 0.25) is 5.15 Å². The van der Waals surface area contributed by atoms with Gasteiger partial charge in [0.15, 0.2) is 5.82 Å². The van der Waals surface area contributed by atoms with E-state index in [-0.39, 0.29) is 5.91 Å². The van der Waals surface area contributed by atoms with Gasteiger partial charge >= 0.3 is 0 Å². The van der Waals surface area contributed by atoms with Gasteiger partial charge in [-0.05, 0) is 25.5 Å². The summed E-state index contributed by atoms with van der Waals surface area (Å²) in [4.78, 5) is 26.9. The summed E-state index contributed by atoms with van der Waals surface area (Å²) in [6, 6.07) is 2.90. The van der Waals surface area contributed by atoms with Crippen LogP contribution in [0.1, 0.15) is 48.1 Å². The van der Waals surface area contributed by atoms with Crippen molar-refractivity contribution in [3.05, 3.63) is 59.0 Å². The first-order valence-corrected chi connectivity index (χ1v) is 8.61. The molecule has 26 heavy (non-hydrogen) atoms. The maximum absolute atomic E-state index is 12.7. The van der Waals surface area contributed by atoms with Crippen molar-refractivity contribution in [2.45, 2.75) is 32.7 Å². The first kappa shape index (κ1) is 17.9. The topological polar surface area (TPSA) is 98.5 Å². The number of nitrogens with zero attached hydrogens (tertiary/aromatic N) is 6. The van der Waals surface area contributed by atoms with E-state index in [1.165, 1.54) is 4.80 Å². The molecule has 0 aliphatic carbocycles. The van der Waals surface area contributed by atoms with Crippen LogP contribution in [0.5, 0.6) is 0 Å². The molecule has 0 fully saturated rings. The van der Waals surface area contributed by atoms with Crippen LogP contribution in [-0.2, 0) is 6.42 Å². The lowest BCUT2D eigenvalue weighted by molar-refractivity contribution is 0.0938. The van der Waals surface area contributed by atoms with Gasteiger partial charge in [-0.3, -0.25) is 9.78 Å². The van der Waals surface area contributed by atoms with Gasteiger partial charge in [0.1, 0.15) is 10.8 Å². The molecular formula is C17H18ClN7O. The lowest BCUT2D eigenvalue weighted by Gasteiger charge is -2.16. The van der Waals surface area contributed by atoms with E-state index in [0.29, 0.717) is 22.2 Å². The van der Waals surface area contributed by atoms with Gasteiger partial charge in [-0.15, -0.1) is 4.80 Å². The van der Waals surface area contributed by atoms with Crippen LogP contribution >= 0.6 is 11.6 Å². The van der Waals surface area contributed by atoms with Crippen molar-refractivity contribution in [2.24, 2.45) is 0 Å². The van der Waals surface area contributed by atoms with Gasteiger partial charge < -0.3 is 5.32 Å². The summed E-state index contributed by atoms with van der Waals surface area (Å²) in [6.07, 6.45) is 7.90. The zero-order valence-corrected chi connectivity index (χ0v) is 15.2. The highest BCUT2D eigenvalue weighted by atomic mass is 35.5. The Morgan fingerprint density at radius 3 is 2.65 bits per heavy atom. The highest BCUT2D eigenvalue weighted by molar-refractivity contribution is 6.29. The second-order valence-electron chi connectivity index (χ2n) is 5.70. The van der Waals surface area contributed by atoms with Gasteiger partial charge in [0.25, 0.3) is 5.91 Å². The number of hydrogen-bond donors (Lipinski definition) is 1. The SMILES string of the molecule is CCCc1cc(C(=O)NC(C)c2nccnc2-n2nccn2)cc(Cl)n1. The summed E-state index contributed by atoms with van der Waals surface area (Å²) in [6.45, 7) is 3.87. The molecule has 1 N–H and O–H groups in total. The van der Waals surface area contributed by atoms with Gasteiger partial charge in [0.05, 0.1) is 18.4 Å². The fourth-order valence-electron chi connectivity index (χ4n) is 2.54. The summed E-state index contributed by atoms with van der Waals surface area (Å²) in [5.41, 5.74) is 1.81. The van der Waals surface area contributed by atoms with Crippen molar-refractivity contribution in [1.82, 2.24) is 35.3 Å². The van der Waals surface area contributed by atoms with Crippen molar-refractivity contribution in [2.75, 3.05) is 0 Å². The number of amides is 1. The molecule has 1 atom stereocenters. The van der Waals surface area contributed by atoms with E-state index in [2.05, 4.69) is 30.5 Å². The van der Waals surface area contributed by atoms with Crippen LogP contribution in [0.15, 0.2) is 36.9 Å². The maximum atomic E-state index is 12.7. The Labute approximate surface area is 155 Å². The monoisotopic (exact) mass is 371 g/mol. The highest BCUT2D eigenvalue weighted by Gasteiger charge is 2.19. The third kappa shape index (κ3) is 4.02. The second kappa shape index (κ2) is 8.01. The number of carbonyl (C=O) groups excluding carboxylic acids is 1. The minimum Gasteiger partial charge on any atom is -0.344 e. The van der Waals surface area contributed by atoms with Crippen LogP contribution in [0.3, 0.4) is 0 Å². The van der Waals surface area contributed by atoms with Crippen molar-refractivity contribution < 1.29 is 4.79 Å². The molecule has 1 unspecified atom stereocenters. The fourth-order valence-corrected chi connectivity index (χ4v) is 2.77. The normalized spacial score (nSPS) is 12.0. The largest absolute Gasteiger partial charge is 0.344 e. The minimum absolute atomic E-state index is 0.260. The van der Waals surface area contributed by atoms with Gasteiger partial charge in [-0.25, -0.2) is 9.97 Å². The number of nitrogens with one attached hydrogen (secondary N) is 1. The lowest BCUT2D eigenvalue weighted by Crippen LogP contribution is -2.28. The number of pyridine rings is 1. The molecule has 3 heterocycles. The Hall–Kier alpha value is -2.87. The molecule has 0 aliphatic rings. The Morgan fingerprint density at radius 2 is 1.92 bits per heavy atom. The molecule has 3 aromatic rings. The fraction of sp³-hybridized carbons (Fsp3) is 0.294. The maximum Gasteiger partial charge on any atom is 0.251 e. The van der Waals surface area contributed by atoms with E-state index < -0.39 is 6.04 Å². The van der Waals surface area contributed by atoms with E-state index in [1.54, 1.807) is 36.9 Å². The van der Waals surface area contributed by atoms with E-state index in [1.807, 2.05) is 13.8 Å². The number of carbonyl (C=O) groups is 1. The minimum atomic E-state index is -0.404. The van der Waals surface area contributed by atoms with Crippen molar-refractivity contribution in [1.29, 1.82) is 0 Å². The highest BCUT2D eigenvalue weighted by Crippen LogP contribution is 2.17. The first-order valence-electron chi connectivity index (χ1n) is 8.23. The van der Waals surface area contributed by atoms with E-state index in [9.17, 15) is 4.79 Å². The van der Waals surface area contributed by atoms with Gasteiger partial charge in [-0.1, -0.05) is 24.9 Å². The molecular weight excluding hydrogens is 354 g/mol. The Bertz CT molecular complexity index is 898. The average molecular weight is 372 g/mol.